The van der Waals surface area contributed by atoms with Crippen molar-refractivity contribution in [1.29, 1.82) is 0 Å². The number of carboxylic acid groups (broad SMARTS) is 1. The summed E-state index contributed by atoms with van der Waals surface area (Å²) in [4.78, 5) is 11.5. The molecule has 8 heteroatoms. The first-order valence-corrected chi connectivity index (χ1v) is 6.41. The van der Waals surface area contributed by atoms with Crippen LogP contribution in [0, 0.1) is 5.82 Å². The van der Waals surface area contributed by atoms with Gasteiger partial charge >= 0.3 is 5.97 Å². The molecule has 104 valence electrons. The van der Waals surface area contributed by atoms with Crippen LogP contribution in [-0.2, 0) is 10.3 Å². The van der Waals surface area contributed by atoms with E-state index in [9.17, 15) is 14.3 Å². The van der Waals surface area contributed by atoms with Gasteiger partial charge in [0.2, 0.25) is 0 Å². The molecule has 0 atom stereocenters. The van der Waals surface area contributed by atoms with E-state index >= 15 is 0 Å². The minimum Gasteiger partial charge on any atom is -0.479 e. The van der Waals surface area contributed by atoms with Crippen LogP contribution in [0.4, 0.5) is 4.39 Å². The SMILES string of the molecule is O=C(O)C1(n2nnnc2-c2cccc(Cl)c2F)CCC1. The fourth-order valence-electron chi connectivity index (χ4n) is 2.35. The van der Waals surface area contributed by atoms with Crippen molar-refractivity contribution in [2.45, 2.75) is 24.8 Å². The lowest BCUT2D eigenvalue weighted by Crippen LogP contribution is -2.48. The van der Waals surface area contributed by atoms with Crippen LogP contribution in [0.2, 0.25) is 5.02 Å². The summed E-state index contributed by atoms with van der Waals surface area (Å²) < 4.78 is 15.3. The Morgan fingerprint density at radius 3 is 2.80 bits per heavy atom. The van der Waals surface area contributed by atoms with Crippen LogP contribution < -0.4 is 0 Å². The predicted molar refractivity (Wildman–Crippen MR) is 67.7 cm³/mol. The topological polar surface area (TPSA) is 80.9 Å². The zero-order chi connectivity index (χ0) is 14.3. The Hall–Kier alpha value is -2.02. The van der Waals surface area contributed by atoms with Crippen molar-refractivity contribution in [1.82, 2.24) is 20.2 Å². The number of rotatable bonds is 3. The van der Waals surface area contributed by atoms with Crippen LogP contribution in [0.15, 0.2) is 18.2 Å². The molecule has 1 aliphatic rings. The lowest BCUT2D eigenvalue weighted by atomic mass is 9.76. The molecule has 1 saturated carbocycles. The molecule has 1 aromatic carbocycles. The summed E-state index contributed by atoms with van der Waals surface area (Å²) in [5, 5.41) is 20.3. The molecule has 3 rings (SSSR count). The second-order valence-corrected chi connectivity index (χ2v) is 5.11. The zero-order valence-electron chi connectivity index (χ0n) is 10.3. The number of tetrazole rings is 1. The number of hydrogen-bond acceptors (Lipinski definition) is 4. The number of carboxylic acids is 1. The van der Waals surface area contributed by atoms with Crippen LogP contribution in [0.5, 0.6) is 0 Å². The molecule has 0 amide bonds. The summed E-state index contributed by atoms with van der Waals surface area (Å²) in [7, 11) is 0. The molecule has 0 spiro atoms. The average Bonchev–Trinajstić information content (AvgIpc) is 2.80. The van der Waals surface area contributed by atoms with Crippen LogP contribution in [0.3, 0.4) is 0 Å². The van der Waals surface area contributed by atoms with Crippen molar-refractivity contribution < 1.29 is 14.3 Å². The van der Waals surface area contributed by atoms with Gasteiger partial charge in [0.25, 0.3) is 0 Å². The third kappa shape index (κ3) is 1.70. The fraction of sp³-hybridized carbons (Fsp3) is 0.333. The first-order valence-electron chi connectivity index (χ1n) is 6.03. The molecule has 1 N–H and O–H groups in total. The van der Waals surface area contributed by atoms with Gasteiger partial charge in [-0.05, 0) is 41.8 Å². The highest BCUT2D eigenvalue weighted by atomic mass is 35.5. The Morgan fingerprint density at radius 1 is 1.45 bits per heavy atom. The maximum atomic E-state index is 14.1. The Balaban J connectivity index is 2.16. The number of aromatic nitrogens is 4. The van der Waals surface area contributed by atoms with Crippen molar-refractivity contribution in [3.63, 3.8) is 0 Å². The zero-order valence-corrected chi connectivity index (χ0v) is 11.0. The first kappa shape index (κ1) is 13.0. The van der Waals surface area contributed by atoms with E-state index < -0.39 is 17.3 Å². The van der Waals surface area contributed by atoms with E-state index in [1.165, 1.54) is 16.8 Å². The fourth-order valence-corrected chi connectivity index (χ4v) is 2.52. The van der Waals surface area contributed by atoms with Gasteiger partial charge in [-0.15, -0.1) is 5.10 Å². The number of carbonyl (C=O) groups is 1. The third-order valence-electron chi connectivity index (χ3n) is 3.65. The summed E-state index contributed by atoms with van der Waals surface area (Å²) in [5.41, 5.74) is -1.09. The Kier molecular flexibility index (Phi) is 2.93. The van der Waals surface area contributed by atoms with Gasteiger partial charge in [0.05, 0.1) is 10.6 Å². The minimum absolute atomic E-state index is 0.0602. The van der Waals surface area contributed by atoms with E-state index in [1.807, 2.05) is 0 Å². The second kappa shape index (κ2) is 4.52. The molecule has 20 heavy (non-hydrogen) atoms. The van der Waals surface area contributed by atoms with Crippen LogP contribution in [-0.4, -0.2) is 31.3 Å². The third-order valence-corrected chi connectivity index (χ3v) is 3.94. The van der Waals surface area contributed by atoms with Gasteiger partial charge < -0.3 is 5.11 Å². The standard InChI is InChI=1S/C12H10ClFN4O2/c13-8-4-1-3-7(9(8)14)10-15-16-17-18(10)12(11(19)20)5-2-6-12/h1,3-4H,2,5-6H2,(H,19,20). The average molecular weight is 297 g/mol. The summed E-state index contributed by atoms with van der Waals surface area (Å²) in [6.07, 6.45) is 1.61. The molecule has 2 aromatic rings. The molecule has 1 fully saturated rings. The van der Waals surface area contributed by atoms with E-state index in [0.717, 1.165) is 6.42 Å². The molecule has 0 radical (unpaired) electrons. The highest BCUT2D eigenvalue weighted by Crippen LogP contribution is 2.41. The van der Waals surface area contributed by atoms with Crippen molar-refractivity contribution >= 4 is 17.6 Å². The smallest absolute Gasteiger partial charge is 0.331 e. The first-order chi connectivity index (χ1) is 9.56. The maximum Gasteiger partial charge on any atom is 0.331 e. The van der Waals surface area contributed by atoms with E-state index in [1.54, 1.807) is 6.07 Å². The van der Waals surface area contributed by atoms with E-state index in [2.05, 4.69) is 15.5 Å². The van der Waals surface area contributed by atoms with Crippen LogP contribution in [0.25, 0.3) is 11.4 Å². The molecule has 1 aliphatic carbocycles. The number of nitrogens with zero attached hydrogens (tertiary/aromatic N) is 4. The van der Waals surface area contributed by atoms with E-state index in [0.29, 0.717) is 12.8 Å². The summed E-state index contributed by atoms with van der Waals surface area (Å²) in [6, 6.07) is 4.44. The van der Waals surface area contributed by atoms with Crippen LogP contribution in [0.1, 0.15) is 19.3 Å². The molecule has 0 saturated heterocycles. The molecular weight excluding hydrogens is 287 g/mol. The summed E-state index contributed by atoms with van der Waals surface area (Å²) in [6.45, 7) is 0. The Labute approximate surface area is 118 Å². The lowest BCUT2D eigenvalue weighted by molar-refractivity contribution is -0.153. The van der Waals surface area contributed by atoms with Gasteiger partial charge in [-0.2, -0.15) is 0 Å². The Bertz CT molecular complexity index is 684. The van der Waals surface area contributed by atoms with Crippen molar-refractivity contribution in [3.8, 4) is 11.4 Å². The van der Waals surface area contributed by atoms with Crippen molar-refractivity contribution in [2.24, 2.45) is 0 Å². The highest BCUT2D eigenvalue weighted by molar-refractivity contribution is 6.31. The van der Waals surface area contributed by atoms with Gasteiger partial charge in [0.1, 0.15) is 0 Å². The van der Waals surface area contributed by atoms with Gasteiger partial charge in [-0.3, -0.25) is 0 Å². The maximum absolute atomic E-state index is 14.1. The highest BCUT2D eigenvalue weighted by Gasteiger charge is 2.49. The molecule has 0 bridgehead atoms. The predicted octanol–water partition coefficient (Wildman–Crippen LogP) is 2.10. The number of benzene rings is 1. The largest absolute Gasteiger partial charge is 0.479 e. The molecule has 6 nitrogen and oxygen atoms in total. The summed E-state index contributed by atoms with van der Waals surface area (Å²) in [5.74, 6) is -1.60. The number of aliphatic carboxylic acids is 1. The summed E-state index contributed by atoms with van der Waals surface area (Å²) >= 11 is 5.74. The minimum atomic E-state index is -1.19. The van der Waals surface area contributed by atoms with Crippen molar-refractivity contribution in [2.75, 3.05) is 0 Å². The molecule has 0 aliphatic heterocycles. The monoisotopic (exact) mass is 296 g/mol. The van der Waals surface area contributed by atoms with Crippen LogP contribution >= 0.6 is 11.6 Å². The number of halogens is 2. The molecular formula is C12H10ClFN4O2. The second-order valence-electron chi connectivity index (χ2n) is 4.71. The van der Waals surface area contributed by atoms with E-state index in [-0.39, 0.29) is 16.4 Å². The van der Waals surface area contributed by atoms with E-state index in [4.69, 9.17) is 11.6 Å². The molecule has 0 unspecified atom stereocenters. The molecule has 1 heterocycles. The quantitative estimate of drug-likeness (QED) is 0.938. The van der Waals surface area contributed by atoms with Gasteiger partial charge in [-0.25, -0.2) is 13.9 Å². The normalized spacial score (nSPS) is 16.7. The van der Waals surface area contributed by atoms with Gasteiger partial charge in [0.15, 0.2) is 17.2 Å². The number of hydrogen-bond donors (Lipinski definition) is 1. The lowest BCUT2D eigenvalue weighted by Gasteiger charge is -2.37. The van der Waals surface area contributed by atoms with Crippen molar-refractivity contribution in [3.05, 3.63) is 29.0 Å². The van der Waals surface area contributed by atoms with Gasteiger partial charge in [0, 0.05) is 0 Å². The molecule has 1 aromatic heterocycles. The van der Waals surface area contributed by atoms with Gasteiger partial charge in [-0.1, -0.05) is 17.7 Å². The Morgan fingerprint density at radius 2 is 2.20 bits per heavy atom.